The van der Waals surface area contributed by atoms with Crippen molar-refractivity contribution < 1.29 is 4.74 Å². The van der Waals surface area contributed by atoms with E-state index in [0.29, 0.717) is 0 Å². The van der Waals surface area contributed by atoms with Gasteiger partial charge in [0.15, 0.2) is 0 Å². The highest BCUT2D eigenvalue weighted by Gasteiger charge is 2.08. The summed E-state index contributed by atoms with van der Waals surface area (Å²) in [6, 6.07) is 10.6. The molecule has 0 bridgehead atoms. The van der Waals surface area contributed by atoms with Crippen molar-refractivity contribution >= 4 is 37.5 Å². The van der Waals surface area contributed by atoms with Crippen molar-refractivity contribution in [3.63, 3.8) is 0 Å². The van der Waals surface area contributed by atoms with E-state index in [4.69, 9.17) is 4.74 Å². The molecule has 0 saturated heterocycles. The number of anilines is 1. The van der Waals surface area contributed by atoms with Gasteiger partial charge < -0.3 is 10.1 Å². The molecule has 0 amide bonds. The third-order valence-electron chi connectivity index (χ3n) is 3.14. The Morgan fingerprint density at radius 1 is 1.05 bits per heavy atom. The summed E-state index contributed by atoms with van der Waals surface area (Å²) in [5.74, 6) is 0.820. The molecule has 4 heteroatoms. The molecule has 0 unspecified atom stereocenters. The first-order chi connectivity index (χ1) is 9.51. The highest BCUT2D eigenvalue weighted by atomic mass is 79.9. The van der Waals surface area contributed by atoms with Crippen LogP contribution in [0.25, 0.3) is 0 Å². The molecule has 0 aliphatic rings. The molecular formula is C16H17Br2NO. The highest BCUT2D eigenvalue weighted by molar-refractivity contribution is 9.11. The fourth-order valence-electron chi connectivity index (χ4n) is 2.03. The summed E-state index contributed by atoms with van der Waals surface area (Å²) >= 11 is 7.06. The Morgan fingerprint density at radius 3 is 2.30 bits per heavy atom. The Hall–Kier alpha value is -1.00. The Labute approximate surface area is 136 Å². The highest BCUT2D eigenvalue weighted by Crippen LogP contribution is 2.34. The van der Waals surface area contributed by atoms with E-state index in [-0.39, 0.29) is 0 Å². The summed E-state index contributed by atoms with van der Waals surface area (Å²) in [6.45, 7) is 4.98. The molecule has 106 valence electrons. The van der Waals surface area contributed by atoms with Crippen LogP contribution in [-0.2, 0) is 6.54 Å². The third-order valence-corrected chi connectivity index (χ3v) is 4.32. The molecule has 0 aliphatic carbocycles. The summed E-state index contributed by atoms with van der Waals surface area (Å²) in [4.78, 5) is 0. The first-order valence-electron chi connectivity index (χ1n) is 6.34. The van der Waals surface area contributed by atoms with Gasteiger partial charge in [0, 0.05) is 12.2 Å². The molecule has 0 heterocycles. The molecule has 1 N–H and O–H groups in total. The smallest absolute Gasteiger partial charge is 0.147 e. The summed E-state index contributed by atoms with van der Waals surface area (Å²) in [5.41, 5.74) is 4.87. The lowest BCUT2D eigenvalue weighted by Gasteiger charge is -2.13. The van der Waals surface area contributed by atoms with E-state index in [9.17, 15) is 0 Å². The third kappa shape index (κ3) is 3.55. The van der Waals surface area contributed by atoms with Gasteiger partial charge in [-0.15, -0.1) is 0 Å². The van der Waals surface area contributed by atoms with Crippen LogP contribution in [-0.4, -0.2) is 7.11 Å². The minimum atomic E-state index is 0.769. The molecule has 2 nitrogen and oxygen atoms in total. The van der Waals surface area contributed by atoms with E-state index < -0.39 is 0 Å². The summed E-state index contributed by atoms with van der Waals surface area (Å²) < 4.78 is 7.22. The zero-order valence-corrected chi connectivity index (χ0v) is 14.9. The lowest BCUT2D eigenvalue weighted by Crippen LogP contribution is -2.02. The average Bonchev–Trinajstić information content (AvgIpc) is 2.39. The van der Waals surface area contributed by atoms with Crippen molar-refractivity contribution in [1.29, 1.82) is 0 Å². The Balaban J connectivity index is 2.17. The second kappa shape index (κ2) is 6.64. The normalized spacial score (nSPS) is 10.4. The van der Waals surface area contributed by atoms with E-state index in [2.05, 4.69) is 81.4 Å². The van der Waals surface area contributed by atoms with E-state index in [1.807, 2.05) is 0 Å². The van der Waals surface area contributed by atoms with E-state index in [1.165, 1.54) is 22.4 Å². The minimum Gasteiger partial charge on any atom is -0.494 e. The van der Waals surface area contributed by atoms with Crippen LogP contribution >= 0.6 is 31.9 Å². The molecule has 20 heavy (non-hydrogen) atoms. The molecule has 0 aliphatic heterocycles. The fraction of sp³-hybridized carbons (Fsp3) is 0.250. The van der Waals surface area contributed by atoms with Gasteiger partial charge in [-0.05, 0) is 80.6 Å². The van der Waals surface area contributed by atoms with Gasteiger partial charge in [0.05, 0.1) is 16.1 Å². The lowest BCUT2D eigenvalue weighted by atomic mass is 10.1. The van der Waals surface area contributed by atoms with Crippen molar-refractivity contribution in [2.75, 3.05) is 12.4 Å². The van der Waals surface area contributed by atoms with Crippen LogP contribution in [0.3, 0.4) is 0 Å². The second-order valence-electron chi connectivity index (χ2n) is 4.76. The number of hydrogen-bond donors (Lipinski definition) is 1. The standard InChI is InChI=1S/C16H17Br2NO/c1-10-4-5-11(2)15(6-10)19-9-12-7-13(17)16(20-3)14(18)8-12/h4-8,19H,9H2,1-3H3. The largest absolute Gasteiger partial charge is 0.494 e. The Morgan fingerprint density at radius 2 is 1.70 bits per heavy atom. The zero-order valence-electron chi connectivity index (χ0n) is 11.8. The van der Waals surface area contributed by atoms with Crippen LogP contribution in [0.4, 0.5) is 5.69 Å². The molecular weight excluding hydrogens is 382 g/mol. The van der Waals surface area contributed by atoms with Crippen LogP contribution in [0.15, 0.2) is 39.3 Å². The van der Waals surface area contributed by atoms with Gasteiger partial charge in [0.25, 0.3) is 0 Å². The topological polar surface area (TPSA) is 21.3 Å². The molecule has 2 aromatic carbocycles. The van der Waals surface area contributed by atoms with Crippen molar-refractivity contribution in [2.45, 2.75) is 20.4 Å². The number of halogens is 2. The maximum absolute atomic E-state index is 5.31. The molecule has 0 aromatic heterocycles. The molecule has 0 fully saturated rings. The molecule has 0 spiro atoms. The maximum Gasteiger partial charge on any atom is 0.147 e. The van der Waals surface area contributed by atoms with Crippen molar-refractivity contribution in [3.05, 3.63) is 56.0 Å². The lowest BCUT2D eigenvalue weighted by molar-refractivity contribution is 0.409. The van der Waals surface area contributed by atoms with Crippen LogP contribution in [0, 0.1) is 13.8 Å². The van der Waals surface area contributed by atoms with E-state index in [0.717, 1.165) is 21.2 Å². The first kappa shape index (κ1) is 15.4. The van der Waals surface area contributed by atoms with Crippen LogP contribution in [0.1, 0.15) is 16.7 Å². The van der Waals surface area contributed by atoms with Crippen molar-refractivity contribution in [3.8, 4) is 5.75 Å². The number of benzene rings is 2. The van der Waals surface area contributed by atoms with Crippen LogP contribution in [0.5, 0.6) is 5.75 Å². The number of aryl methyl sites for hydroxylation is 2. The monoisotopic (exact) mass is 397 g/mol. The second-order valence-corrected chi connectivity index (χ2v) is 6.47. The maximum atomic E-state index is 5.31. The number of methoxy groups -OCH3 is 1. The van der Waals surface area contributed by atoms with Crippen molar-refractivity contribution in [2.24, 2.45) is 0 Å². The van der Waals surface area contributed by atoms with E-state index >= 15 is 0 Å². The van der Waals surface area contributed by atoms with Gasteiger partial charge in [-0.1, -0.05) is 12.1 Å². The zero-order chi connectivity index (χ0) is 14.7. The Bertz CT molecular complexity index is 603. The number of rotatable bonds is 4. The minimum absolute atomic E-state index is 0.769. The van der Waals surface area contributed by atoms with E-state index in [1.54, 1.807) is 7.11 Å². The predicted octanol–water partition coefficient (Wildman–Crippen LogP) is 5.45. The molecule has 2 aromatic rings. The van der Waals surface area contributed by atoms with Gasteiger partial charge in [0.1, 0.15) is 5.75 Å². The molecule has 0 atom stereocenters. The van der Waals surface area contributed by atoms with Gasteiger partial charge >= 0.3 is 0 Å². The summed E-state index contributed by atoms with van der Waals surface area (Å²) in [6.07, 6.45) is 0. The van der Waals surface area contributed by atoms with Gasteiger partial charge in [0.2, 0.25) is 0 Å². The van der Waals surface area contributed by atoms with Gasteiger partial charge in [-0.2, -0.15) is 0 Å². The van der Waals surface area contributed by atoms with Crippen LogP contribution < -0.4 is 10.1 Å². The predicted molar refractivity (Wildman–Crippen MR) is 91.6 cm³/mol. The average molecular weight is 399 g/mol. The quantitative estimate of drug-likeness (QED) is 0.739. The summed E-state index contributed by atoms with van der Waals surface area (Å²) in [7, 11) is 1.67. The number of ether oxygens (including phenoxy) is 1. The number of nitrogens with one attached hydrogen (secondary N) is 1. The van der Waals surface area contributed by atoms with Crippen molar-refractivity contribution in [1.82, 2.24) is 0 Å². The Kier molecular flexibility index (Phi) is 5.11. The van der Waals surface area contributed by atoms with Crippen LogP contribution in [0.2, 0.25) is 0 Å². The molecule has 2 rings (SSSR count). The first-order valence-corrected chi connectivity index (χ1v) is 7.93. The molecule has 0 saturated carbocycles. The van der Waals surface area contributed by atoms with Gasteiger partial charge in [-0.25, -0.2) is 0 Å². The molecule has 0 radical (unpaired) electrons. The number of hydrogen-bond acceptors (Lipinski definition) is 2. The SMILES string of the molecule is COc1c(Br)cc(CNc2cc(C)ccc2C)cc1Br. The summed E-state index contributed by atoms with van der Waals surface area (Å²) in [5, 5.41) is 3.48. The fourth-order valence-corrected chi connectivity index (χ4v) is 3.64. The van der Waals surface area contributed by atoms with Gasteiger partial charge in [-0.3, -0.25) is 0 Å².